The number of aryl methyl sites for hydroxylation is 1. The van der Waals surface area contributed by atoms with Crippen molar-refractivity contribution in [2.24, 2.45) is 18.9 Å². The lowest BCUT2D eigenvalue weighted by Gasteiger charge is -2.23. The van der Waals surface area contributed by atoms with Gasteiger partial charge < -0.3 is 23.8 Å². The van der Waals surface area contributed by atoms with Crippen molar-refractivity contribution in [2.75, 3.05) is 45.3 Å². The molecule has 7 heteroatoms. The molecule has 1 amide bonds. The van der Waals surface area contributed by atoms with Crippen LogP contribution < -0.4 is 14.4 Å². The van der Waals surface area contributed by atoms with Crippen LogP contribution in [0.3, 0.4) is 0 Å². The predicted molar refractivity (Wildman–Crippen MR) is 115 cm³/mol. The molecule has 2 fully saturated rings. The van der Waals surface area contributed by atoms with Gasteiger partial charge in [0.2, 0.25) is 5.95 Å². The second-order valence-corrected chi connectivity index (χ2v) is 8.16. The van der Waals surface area contributed by atoms with E-state index >= 15 is 0 Å². The molecule has 3 aromatic rings. The highest BCUT2D eigenvalue weighted by Crippen LogP contribution is 2.36. The van der Waals surface area contributed by atoms with Crippen LogP contribution in [0.1, 0.15) is 10.4 Å². The van der Waals surface area contributed by atoms with Crippen LogP contribution >= 0.6 is 0 Å². The minimum Gasteiger partial charge on any atom is -0.493 e. The van der Waals surface area contributed by atoms with Gasteiger partial charge in [-0.25, -0.2) is 4.98 Å². The van der Waals surface area contributed by atoms with Crippen molar-refractivity contribution in [2.45, 2.75) is 0 Å². The molecule has 5 rings (SSSR count). The number of nitrogens with zero attached hydrogens (tertiary/aromatic N) is 4. The highest BCUT2D eigenvalue weighted by Gasteiger charge is 2.42. The first-order chi connectivity index (χ1) is 14.6. The summed E-state index contributed by atoms with van der Waals surface area (Å²) < 4.78 is 12.8. The molecule has 30 heavy (non-hydrogen) atoms. The van der Waals surface area contributed by atoms with Crippen LogP contribution in [0.2, 0.25) is 0 Å². The van der Waals surface area contributed by atoms with Gasteiger partial charge in [-0.05, 0) is 30.3 Å². The topological polar surface area (TPSA) is 59.8 Å². The number of rotatable bonds is 4. The average molecular weight is 406 g/mol. The molecule has 7 nitrogen and oxygen atoms in total. The van der Waals surface area contributed by atoms with Gasteiger partial charge in [0, 0.05) is 50.6 Å². The van der Waals surface area contributed by atoms with Gasteiger partial charge in [-0.2, -0.15) is 0 Å². The van der Waals surface area contributed by atoms with Crippen molar-refractivity contribution >= 4 is 22.9 Å². The maximum absolute atomic E-state index is 13.1. The van der Waals surface area contributed by atoms with E-state index in [9.17, 15) is 4.79 Å². The number of carbonyl (C=O) groups is 1. The number of anilines is 1. The molecule has 0 aliphatic carbocycles. The number of hydrogen-bond acceptors (Lipinski definition) is 5. The van der Waals surface area contributed by atoms with E-state index in [4.69, 9.17) is 14.5 Å². The monoisotopic (exact) mass is 406 g/mol. The second kappa shape index (κ2) is 7.23. The minimum atomic E-state index is 0.0552. The Labute approximate surface area is 175 Å². The Morgan fingerprint density at radius 3 is 2.33 bits per heavy atom. The third-order valence-corrected chi connectivity index (χ3v) is 6.45. The zero-order chi connectivity index (χ0) is 20.8. The van der Waals surface area contributed by atoms with Crippen LogP contribution in [-0.4, -0.2) is 60.8 Å². The van der Waals surface area contributed by atoms with E-state index < -0.39 is 0 Å². The van der Waals surface area contributed by atoms with Gasteiger partial charge in [-0.1, -0.05) is 12.1 Å². The molecule has 0 radical (unpaired) electrons. The van der Waals surface area contributed by atoms with Gasteiger partial charge in [0.05, 0.1) is 25.3 Å². The minimum absolute atomic E-state index is 0.0552. The number of fused-ring (bicyclic) bond motifs is 2. The first-order valence-corrected chi connectivity index (χ1v) is 10.3. The third kappa shape index (κ3) is 2.96. The molecule has 0 saturated carbocycles. The Morgan fingerprint density at radius 2 is 1.67 bits per heavy atom. The Balaban J connectivity index is 1.30. The molecule has 0 N–H and O–H groups in total. The lowest BCUT2D eigenvalue weighted by molar-refractivity contribution is 0.0782. The van der Waals surface area contributed by atoms with E-state index in [0.29, 0.717) is 28.9 Å². The van der Waals surface area contributed by atoms with Crippen molar-refractivity contribution in [3.63, 3.8) is 0 Å². The summed E-state index contributed by atoms with van der Waals surface area (Å²) in [6.45, 7) is 3.41. The van der Waals surface area contributed by atoms with E-state index in [1.165, 1.54) is 0 Å². The van der Waals surface area contributed by atoms with Crippen LogP contribution in [0, 0.1) is 11.8 Å². The van der Waals surface area contributed by atoms with Crippen molar-refractivity contribution in [3.05, 3.63) is 48.0 Å². The Bertz CT molecular complexity index is 1100. The molecule has 0 spiro atoms. The van der Waals surface area contributed by atoms with Gasteiger partial charge in [0.1, 0.15) is 0 Å². The molecular weight excluding hydrogens is 380 g/mol. The molecule has 2 atom stereocenters. The van der Waals surface area contributed by atoms with Gasteiger partial charge in [-0.15, -0.1) is 0 Å². The number of ether oxygens (including phenoxy) is 2. The number of likely N-dealkylation sites (tertiary alicyclic amines) is 1. The zero-order valence-corrected chi connectivity index (χ0v) is 17.5. The highest BCUT2D eigenvalue weighted by molar-refractivity contribution is 5.95. The number of imidazole rings is 1. The third-order valence-electron chi connectivity index (χ3n) is 6.45. The van der Waals surface area contributed by atoms with E-state index in [-0.39, 0.29) is 5.91 Å². The maximum Gasteiger partial charge on any atom is 0.254 e. The largest absolute Gasteiger partial charge is 0.493 e. The summed E-state index contributed by atoms with van der Waals surface area (Å²) in [6.07, 6.45) is 0. The van der Waals surface area contributed by atoms with E-state index in [1.54, 1.807) is 26.4 Å². The van der Waals surface area contributed by atoms with Crippen LogP contribution in [-0.2, 0) is 7.05 Å². The van der Waals surface area contributed by atoms with Crippen molar-refractivity contribution in [1.82, 2.24) is 14.5 Å². The van der Waals surface area contributed by atoms with Gasteiger partial charge in [0.15, 0.2) is 11.5 Å². The van der Waals surface area contributed by atoms with E-state index in [1.807, 2.05) is 23.1 Å². The van der Waals surface area contributed by atoms with Crippen LogP contribution in [0.4, 0.5) is 5.95 Å². The Kier molecular flexibility index (Phi) is 4.53. The standard InChI is InChI=1S/C23H26N4O3/c1-25-19-7-5-4-6-18(19)24-23(25)27-13-16-11-26(12-17(16)14-27)22(28)15-8-9-20(29-2)21(10-15)30-3/h4-10,16-17H,11-14H2,1-3H3. The Morgan fingerprint density at radius 1 is 0.967 bits per heavy atom. The fourth-order valence-corrected chi connectivity index (χ4v) is 4.89. The molecule has 1 aromatic heterocycles. The number of aromatic nitrogens is 2. The lowest BCUT2D eigenvalue weighted by Crippen LogP contribution is -2.34. The van der Waals surface area contributed by atoms with Crippen LogP contribution in [0.15, 0.2) is 42.5 Å². The molecule has 2 aliphatic rings. The van der Waals surface area contributed by atoms with Gasteiger partial charge >= 0.3 is 0 Å². The number of para-hydroxylation sites is 2. The van der Waals surface area contributed by atoms with Gasteiger partial charge in [-0.3, -0.25) is 4.79 Å². The number of hydrogen-bond donors (Lipinski definition) is 0. The molecule has 2 saturated heterocycles. The molecular formula is C23H26N4O3. The molecule has 2 aromatic carbocycles. The summed E-state index contributed by atoms with van der Waals surface area (Å²) in [5, 5.41) is 0. The van der Waals surface area contributed by atoms with Gasteiger partial charge in [0.25, 0.3) is 5.91 Å². The lowest BCUT2D eigenvalue weighted by atomic mass is 10.0. The summed E-state index contributed by atoms with van der Waals surface area (Å²) in [7, 11) is 5.25. The second-order valence-electron chi connectivity index (χ2n) is 8.16. The summed E-state index contributed by atoms with van der Waals surface area (Å²) in [5.74, 6) is 3.21. The Hall–Kier alpha value is -3.22. The summed E-state index contributed by atoms with van der Waals surface area (Å²) >= 11 is 0. The van der Waals surface area contributed by atoms with E-state index in [0.717, 1.165) is 43.2 Å². The van der Waals surface area contributed by atoms with Crippen molar-refractivity contribution in [1.29, 1.82) is 0 Å². The molecule has 0 bridgehead atoms. The SMILES string of the molecule is COc1ccc(C(=O)N2CC3CN(c4nc5ccccc5n4C)CC3C2)cc1OC. The predicted octanol–water partition coefficient (Wildman–Crippen LogP) is 2.80. The van der Waals surface area contributed by atoms with E-state index in [2.05, 4.69) is 28.6 Å². The first-order valence-electron chi connectivity index (χ1n) is 10.3. The van der Waals surface area contributed by atoms with Crippen molar-refractivity contribution in [3.8, 4) is 11.5 Å². The molecule has 2 aliphatic heterocycles. The number of benzene rings is 2. The molecule has 2 unspecified atom stereocenters. The number of carbonyl (C=O) groups excluding carboxylic acids is 1. The quantitative estimate of drug-likeness (QED) is 0.667. The first kappa shape index (κ1) is 18.8. The number of amides is 1. The zero-order valence-electron chi connectivity index (χ0n) is 17.5. The average Bonchev–Trinajstić information content (AvgIpc) is 3.44. The number of methoxy groups -OCH3 is 2. The van der Waals surface area contributed by atoms with Crippen molar-refractivity contribution < 1.29 is 14.3 Å². The molecule has 156 valence electrons. The summed E-state index contributed by atoms with van der Waals surface area (Å²) in [4.78, 5) is 22.3. The summed E-state index contributed by atoms with van der Waals surface area (Å²) in [6, 6.07) is 13.6. The summed E-state index contributed by atoms with van der Waals surface area (Å²) in [5.41, 5.74) is 2.81. The normalized spacial score (nSPS) is 20.6. The molecule has 3 heterocycles. The fourth-order valence-electron chi connectivity index (χ4n) is 4.89. The smallest absolute Gasteiger partial charge is 0.254 e. The maximum atomic E-state index is 13.1. The fraction of sp³-hybridized carbons (Fsp3) is 0.391. The van der Waals surface area contributed by atoms with Crippen LogP contribution in [0.25, 0.3) is 11.0 Å². The highest BCUT2D eigenvalue weighted by atomic mass is 16.5. The van der Waals surface area contributed by atoms with Crippen LogP contribution in [0.5, 0.6) is 11.5 Å².